The van der Waals surface area contributed by atoms with Crippen LogP contribution in [-0.2, 0) is 22.2 Å². The van der Waals surface area contributed by atoms with E-state index in [-0.39, 0.29) is 17.9 Å². The highest BCUT2D eigenvalue weighted by molar-refractivity contribution is 7.88. The normalized spacial score (nSPS) is 11.6. The quantitative estimate of drug-likeness (QED) is 0.794. The van der Waals surface area contributed by atoms with Crippen LogP contribution < -0.4 is 4.72 Å². The largest absolute Gasteiger partial charge is 0.478 e. The van der Waals surface area contributed by atoms with Crippen molar-refractivity contribution in [2.45, 2.75) is 26.0 Å². The molecule has 7 nitrogen and oxygen atoms in total. The number of carboxylic acids is 1. The molecule has 0 aliphatic carbocycles. The van der Waals surface area contributed by atoms with Crippen LogP contribution >= 0.6 is 0 Å². The van der Waals surface area contributed by atoms with Crippen LogP contribution in [0.2, 0.25) is 0 Å². The van der Waals surface area contributed by atoms with Gasteiger partial charge in [0.15, 0.2) is 0 Å². The minimum absolute atomic E-state index is 0.0634. The molecule has 0 saturated heterocycles. The maximum Gasteiger partial charge on any atom is 0.335 e. The summed E-state index contributed by atoms with van der Waals surface area (Å²) in [6.07, 6.45) is 0.482. The smallest absolute Gasteiger partial charge is 0.335 e. The van der Waals surface area contributed by atoms with Gasteiger partial charge in [0, 0.05) is 12.1 Å². The van der Waals surface area contributed by atoms with Crippen molar-refractivity contribution >= 4 is 16.0 Å². The lowest BCUT2D eigenvalue weighted by molar-refractivity contribution is 0.0696. The van der Waals surface area contributed by atoms with Gasteiger partial charge >= 0.3 is 5.97 Å². The molecule has 0 unspecified atom stereocenters. The first-order valence-electron chi connectivity index (χ1n) is 7.00. The average Bonchev–Trinajstić information content (AvgIpc) is 2.78. The van der Waals surface area contributed by atoms with Crippen molar-refractivity contribution < 1.29 is 22.8 Å². The van der Waals surface area contributed by atoms with Crippen LogP contribution in [-0.4, -0.2) is 31.2 Å². The van der Waals surface area contributed by atoms with Gasteiger partial charge in [-0.15, -0.1) is 0 Å². The van der Waals surface area contributed by atoms with Crippen molar-refractivity contribution in [3.8, 4) is 0 Å². The van der Waals surface area contributed by atoms with Gasteiger partial charge in [-0.2, -0.15) is 0 Å². The molecule has 0 bridgehead atoms. The summed E-state index contributed by atoms with van der Waals surface area (Å²) in [6.45, 7) is 3.81. The molecule has 1 aromatic heterocycles. The van der Waals surface area contributed by atoms with Crippen LogP contribution in [0.3, 0.4) is 0 Å². The Hall–Kier alpha value is -2.19. The third-order valence-corrected chi connectivity index (χ3v) is 4.77. The maximum atomic E-state index is 12.1. The molecule has 0 atom stereocenters. The lowest BCUT2D eigenvalue weighted by Gasteiger charge is -2.07. The van der Waals surface area contributed by atoms with Crippen molar-refractivity contribution in [3.63, 3.8) is 0 Å². The number of nitrogens with zero attached hydrogens (tertiary/aromatic N) is 1. The number of aromatic nitrogens is 1. The summed E-state index contributed by atoms with van der Waals surface area (Å²) in [4.78, 5) is 10.9. The summed E-state index contributed by atoms with van der Waals surface area (Å²) in [5.74, 6) is -0.679. The summed E-state index contributed by atoms with van der Waals surface area (Å²) in [7, 11) is -3.55. The Labute approximate surface area is 134 Å². The lowest BCUT2D eigenvalue weighted by Crippen LogP contribution is -2.27. The second kappa shape index (κ2) is 6.93. The van der Waals surface area contributed by atoms with Crippen molar-refractivity contribution in [3.05, 3.63) is 52.4 Å². The molecule has 0 aliphatic heterocycles. The molecule has 0 aliphatic rings. The molecule has 0 radical (unpaired) electrons. The molecule has 0 spiro atoms. The summed E-state index contributed by atoms with van der Waals surface area (Å²) in [6, 6.07) is 5.89. The van der Waals surface area contributed by atoms with Gasteiger partial charge in [0.05, 0.1) is 17.0 Å². The molecule has 2 N–H and O–H groups in total. The van der Waals surface area contributed by atoms with Gasteiger partial charge in [-0.3, -0.25) is 0 Å². The Morgan fingerprint density at radius 3 is 2.70 bits per heavy atom. The standard InChI is InChI=1S/C15H18N2O5S/c1-10-14(11(2)22-17-10)6-7-16-23(20,21)9-12-4-3-5-13(8-12)15(18)19/h3-5,8,16H,6-7,9H2,1-2H3,(H,18,19). The van der Waals surface area contributed by atoms with Crippen LogP contribution in [0.25, 0.3) is 0 Å². The van der Waals surface area contributed by atoms with E-state index in [1.807, 2.05) is 0 Å². The van der Waals surface area contributed by atoms with E-state index in [4.69, 9.17) is 9.63 Å². The molecule has 0 amide bonds. The van der Waals surface area contributed by atoms with Gasteiger partial charge in [0.1, 0.15) is 5.76 Å². The number of nitrogens with one attached hydrogen (secondary N) is 1. The Morgan fingerprint density at radius 2 is 2.09 bits per heavy atom. The van der Waals surface area contributed by atoms with E-state index >= 15 is 0 Å². The number of rotatable bonds is 7. The highest BCUT2D eigenvalue weighted by Gasteiger charge is 2.14. The predicted octanol–water partition coefficient (Wildman–Crippen LogP) is 1.65. The Bertz CT molecular complexity index is 792. The van der Waals surface area contributed by atoms with E-state index in [0.717, 1.165) is 11.3 Å². The second-order valence-electron chi connectivity index (χ2n) is 5.21. The molecule has 1 heterocycles. The fourth-order valence-electron chi connectivity index (χ4n) is 2.25. The number of benzene rings is 1. The SMILES string of the molecule is Cc1noc(C)c1CCNS(=O)(=O)Cc1cccc(C(=O)O)c1. The maximum absolute atomic E-state index is 12.1. The van der Waals surface area contributed by atoms with E-state index in [1.54, 1.807) is 19.9 Å². The first kappa shape index (κ1) is 17.2. The van der Waals surface area contributed by atoms with E-state index in [2.05, 4.69) is 9.88 Å². The lowest BCUT2D eigenvalue weighted by atomic mass is 10.1. The Kier molecular flexibility index (Phi) is 5.17. The number of carboxylic acid groups (broad SMARTS) is 1. The molecule has 8 heteroatoms. The van der Waals surface area contributed by atoms with Crippen LogP contribution in [0.4, 0.5) is 0 Å². The van der Waals surface area contributed by atoms with Crippen molar-refractivity contribution in [1.29, 1.82) is 0 Å². The van der Waals surface area contributed by atoms with E-state index < -0.39 is 16.0 Å². The minimum atomic E-state index is -3.55. The van der Waals surface area contributed by atoms with E-state index in [9.17, 15) is 13.2 Å². The van der Waals surface area contributed by atoms with E-state index in [0.29, 0.717) is 17.7 Å². The van der Waals surface area contributed by atoms with Crippen molar-refractivity contribution in [2.75, 3.05) is 6.54 Å². The minimum Gasteiger partial charge on any atom is -0.478 e. The molecule has 0 fully saturated rings. The first-order valence-corrected chi connectivity index (χ1v) is 8.65. The van der Waals surface area contributed by atoms with Gasteiger partial charge in [-0.25, -0.2) is 17.9 Å². The summed E-state index contributed by atoms with van der Waals surface area (Å²) in [5.41, 5.74) is 2.12. The summed E-state index contributed by atoms with van der Waals surface area (Å²) >= 11 is 0. The molecule has 1 aromatic carbocycles. The van der Waals surface area contributed by atoms with Crippen molar-refractivity contribution in [1.82, 2.24) is 9.88 Å². The van der Waals surface area contributed by atoms with Gasteiger partial charge in [-0.1, -0.05) is 17.3 Å². The zero-order chi connectivity index (χ0) is 17.0. The van der Waals surface area contributed by atoms with E-state index in [1.165, 1.54) is 18.2 Å². The topological polar surface area (TPSA) is 110 Å². The molecule has 2 rings (SSSR count). The zero-order valence-electron chi connectivity index (χ0n) is 12.9. The number of aromatic carboxylic acids is 1. The molecule has 124 valence electrons. The highest BCUT2D eigenvalue weighted by Crippen LogP contribution is 2.13. The second-order valence-corrected chi connectivity index (χ2v) is 7.02. The van der Waals surface area contributed by atoms with Gasteiger partial charge in [0.25, 0.3) is 0 Å². The number of aryl methyl sites for hydroxylation is 2. The zero-order valence-corrected chi connectivity index (χ0v) is 13.7. The first-order chi connectivity index (χ1) is 10.8. The van der Waals surface area contributed by atoms with Crippen LogP contribution in [0.15, 0.2) is 28.8 Å². The van der Waals surface area contributed by atoms with Crippen LogP contribution in [0, 0.1) is 13.8 Å². The molecular formula is C15H18N2O5S. The average molecular weight is 338 g/mol. The molecule has 2 aromatic rings. The van der Waals surface area contributed by atoms with Crippen molar-refractivity contribution in [2.24, 2.45) is 0 Å². The number of hydrogen-bond donors (Lipinski definition) is 2. The fourth-order valence-corrected chi connectivity index (χ4v) is 3.39. The highest BCUT2D eigenvalue weighted by atomic mass is 32.2. The summed E-state index contributed by atoms with van der Waals surface area (Å²) in [5, 5.41) is 12.7. The van der Waals surface area contributed by atoms with Crippen LogP contribution in [0.1, 0.15) is 32.9 Å². The molecule has 23 heavy (non-hydrogen) atoms. The third-order valence-electron chi connectivity index (χ3n) is 3.41. The van der Waals surface area contributed by atoms with Gasteiger partial charge < -0.3 is 9.63 Å². The third kappa shape index (κ3) is 4.64. The molecular weight excluding hydrogens is 320 g/mol. The predicted molar refractivity (Wildman–Crippen MR) is 83.7 cm³/mol. The Morgan fingerprint density at radius 1 is 1.35 bits per heavy atom. The van der Waals surface area contributed by atoms with Crippen LogP contribution in [0.5, 0.6) is 0 Å². The Balaban J connectivity index is 1.97. The molecule has 0 saturated carbocycles. The van der Waals surface area contributed by atoms with Gasteiger partial charge in [0.2, 0.25) is 10.0 Å². The van der Waals surface area contributed by atoms with Gasteiger partial charge in [-0.05, 0) is 38.0 Å². The number of hydrogen-bond acceptors (Lipinski definition) is 5. The monoisotopic (exact) mass is 338 g/mol. The number of sulfonamides is 1. The fraction of sp³-hybridized carbons (Fsp3) is 0.333. The number of carbonyl (C=O) groups is 1. The summed E-state index contributed by atoms with van der Waals surface area (Å²) < 4.78 is 31.7.